The van der Waals surface area contributed by atoms with Gasteiger partial charge in [-0.15, -0.1) is 0 Å². The van der Waals surface area contributed by atoms with Gasteiger partial charge in [0, 0.05) is 13.6 Å². The number of nitrogens with zero attached hydrogens (tertiary/aromatic N) is 3. The van der Waals surface area contributed by atoms with Gasteiger partial charge in [0.05, 0.1) is 22.0 Å². The summed E-state index contributed by atoms with van der Waals surface area (Å²) in [6.45, 7) is 7.11. The highest BCUT2D eigenvalue weighted by Crippen LogP contribution is 2.26. The van der Waals surface area contributed by atoms with E-state index in [1.807, 2.05) is 18.7 Å². The number of likely N-dealkylation sites (tertiary alicyclic amines) is 1. The largest absolute Gasteiger partial charge is 0.393 e. The van der Waals surface area contributed by atoms with Crippen molar-refractivity contribution < 1.29 is 5.11 Å². The van der Waals surface area contributed by atoms with Gasteiger partial charge in [-0.1, -0.05) is 6.92 Å². The van der Waals surface area contributed by atoms with Crippen LogP contribution in [0, 0.1) is 5.92 Å². The fraction of sp³-hybridized carbons (Fsp3) is 0.786. The molecule has 19 heavy (non-hydrogen) atoms. The molecule has 1 fully saturated rings. The fourth-order valence-corrected chi connectivity index (χ4v) is 3.54. The van der Waals surface area contributed by atoms with E-state index in [0.29, 0.717) is 5.92 Å². The van der Waals surface area contributed by atoms with Crippen LogP contribution in [-0.2, 0) is 20.0 Å². The van der Waals surface area contributed by atoms with Crippen LogP contribution in [0.4, 0.5) is 0 Å². The molecule has 0 radical (unpaired) electrons. The molecule has 1 aromatic heterocycles. The molecule has 108 valence electrons. The lowest BCUT2D eigenvalue weighted by Gasteiger charge is -2.33. The Kier molecular flexibility index (Phi) is 5.03. The molecule has 0 aromatic carbocycles. The molecule has 1 aliphatic heterocycles. The highest BCUT2D eigenvalue weighted by Gasteiger charge is 2.24. The standard InChI is InChI=1S/C14H24BrN3O/c1-4-12-14(15)13(17(3)16-12)9-18-7-5-11(6-8-18)10(2)19/h10-11,19H,4-9H2,1-3H3. The second kappa shape index (κ2) is 6.37. The van der Waals surface area contributed by atoms with Crippen LogP contribution in [0.25, 0.3) is 0 Å². The van der Waals surface area contributed by atoms with E-state index in [0.717, 1.165) is 49.1 Å². The quantitative estimate of drug-likeness (QED) is 0.921. The molecule has 1 atom stereocenters. The minimum atomic E-state index is -0.169. The Labute approximate surface area is 123 Å². The van der Waals surface area contributed by atoms with Crippen molar-refractivity contribution in [1.82, 2.24) is 14.7 Å². The van der Waals surface area contributed by atoms with Crippen LogP contribution in [0.3, 0.4) is 0 Å². The Morgan fingerprint density at radius 2 is 2.05 bits per heavy atom. The molecule has 1 aromatic rings. The van der Waals surface area contributed by atoms with Gasteiger partial charge in [0.25, 0.3) is 0 Å². The third-order valence-electron chi connectivity index (χ3n) is 4.19. The van der Waals surface area contributed by atoms with Crippen molar-refractivity contribution in [3.05, 3.63) is 15.9 Å². The van der Waals surface area contributed by atoms with Crippen molar-refractivity contribution in [2.75, 3.05) is 13.1 Å². The molecule has 0 aliphatic carbocycles. The zero-order valence-corrected chi connectivity index (χ0v) is 13.7. The van der Waals surface area contributed by atoms with Crippen molar-refractivity contribution in [2.24, 2.45) is 13.0 Å². The van der Waals surface area contributed by atoms with E-state index in [4.69, 9.17) is 0 Å². The summed E-state index contributed by atoms with van der Waals surface area (Å²) in [7, 11) is 2.02. The number of rotatable bonds is 4. The van der Waals surface area contributed by atoms with Gasteiger partial charge in [0.1, 0.15) is 0 Å². The summed E-state index contributed by atoms with van der Waals surface area (Å²) < 4.78 is 3.15. The lowest BCUT2D eigenvalue weighted by atomic mass is 9.92. The summed E-state index contributed by atoms with van der Waals surface area (Å²) in [5.74, 6) is 0.470. The molecule has 4 nitrogen and oxygen atoms in total. The van der Waals surface area contributed by atoms with Gasteiger partial charge < -0.3 is 5.11 Å². The van der Waals surface area contributed by atoms with E-state index in [9.17, 15) is 5.11 Å². The monoisotopic (exact) mass is 329 g/mol. The number of hydrogen-bond donors (Lipinski definition) is 1. The molecule has 1 saturated heterocycles. The van der Waals surface area contributed by atoms with E-state index >= 15 is 0 Å². The minimum absolute atomic E-state index is 0.169. The maximum absolute atomic E-state index is 9.64. The molecule has 2 rings (SSSR count). The number of halogens is 1. The van der Waals surface area contributed by atoms with Crippen LogP contribution in [0.5, 0.6) is 0 Å². The number of aryl methyl sites for hydroxylation is 2. The fourth-order valence-electron chi connectivity index (χ4n) is 2.80. The normalized spacial score (nSPS) is 19.8. The lowest BCUT2D eigenvalue weighted by molar-refractivity contribution is 0.0687. The molecule has 0 saturated carbocycles. The van der Waals surface area contributed by atoms with E-state index in [-0.39, 0.29) is 6.10 Å². The molecule has 1 unspecified atom stereocenters. The number of aliphatic hydroxyl groups excluding tert-OH is 1. The smallest absolute Gasteiger partial charge is 0.0767 e. The second-order valence-corrected chi connectivity index (χ2v) is 6.33. The van der Waals surface area contributed by atoms with Crippen molar-refractivity contribution in [2.45, 2.75) is 45.8 Å². The van der Waals surface area contributed by atoms with E-state index in [1.54, 1.807) is 0 Å². The Bertz CT molecular complexity index is 423. The van der Waals surface area contributed by atoms with Crippen LogP contribution < -0.4 is 0 Å². The van der Waals surface area contributed by atoms with Crippen molar-refractivity contribution in [3.8, 4) is 0 Å². The van der Waals surface area contributed by atoms with Gasteiger partial charge in [-0.25, -0.2) is 0 Å². The predicted molar refractivity (Wildman–Crippen MR) is 80.0 cm³/mol. The van der Waals surface area contributed by atoms with Crippen molar-refractivity contribution in [3.63, 3.8) is 0 Å². The lowest BCUT2D eigenvalue weighted by Crippen LogP contribution is -2.37. The zero-order chi connectivity index (χ0) is 14.0. The first kappa shape index (κ1) is 15.0. The Hall–Kier alpha value is -0.390. The summed E-state index contributed by atoms with van der Waals surface area (Å²) in [6.07, 6.45) is 2.97. The van der Waals surface area contributed by atoms with Gasteiger partial charge in [-0.3, -0.25) is 9.58 Å². The maximum Gasteiger partial charge on any atom is 0.0767 e. The minimum Gasteiger partial charge on any atom is -0.393 e. The summed E-state index contributed by atoms with van der Waals surface area (Å²) in [5.41, 5.74) is 2.39. The highest BCUT2D eigenvalue weighted by atomic mass is 79.9. The molecule has 0 spiro atoms. The van der Waals surface area contributed by atoms with Gasteiger partial charge in [-0.05, 0) is 61.1 Å². The second-order valence-electron chi connectivity index (χ2n) is 5.54. The molecular formula is C14H24BrN3O. The Morgan fingerprint density at radius 1 is 1.42 bits per heavy atom. The third-order valence-corrected chi connectivity index (χ3v) is 5.11. The predicted octanol–water partition coefficient (Wildman–Crippen LogP) is 2.34. The zero-order valence-electron chi connectivity index (χ0n) is 12.1. The average Bonchev–Trinajstić information content (AvgIpc) is 2.67. The van der Waals surface area contributed by atoms with Gasteiger partial charge in [-0.2, -0.15) is 5.10 Å². The molecular weight excluding hydrogens is 306 g/mol. The summed E-state index contributed by atoms with van der Waals surface area (Å²) >= 11 is 3.67. The Morgan fingerprint density at radius 3 is 2.53 bits per heavy atom. The number of aromatic nitrogens is 2. The molecule has 0 amide bonds. The first-order chi connectivity index (χ1) is 9.02. The summed E-state index contributed by atoms with van der Waals surface area (Å²) in [6, 6.07) is 0. The highest BCUT2D eigenvalue weighted by molar-refractivity contribution is 9.10. The van der Waals surface area contributed by atoms with Crippen LogP contribution in [-0.4, -0.2) is 39.0 Å². The van der Waals surface area contributed by atoms with Crippen molar-refractivity contribution in [1.29, 1.82) is 0 Å². The Balaban J connectivity index is 1.98. The van der Waals surface area contributed by atoms with Gasteiger partial charge in [0.2, 0.25) is 0 Å². The molecule has 1 N–H and O–H groups in total. The average molecular weight is 330 g/mol. The van der Waals surface area contributed by atoms with Crippen LogP contribution in [0.1, 0.15) is 38.1 Å². The number of hydrogen-bond acceptors (Lipinski definition) is 3. The van der Waals surface area contributed by atoms with Gasteiger partial charge >= 0.3 is 0 Å². The summed E-state index contributed by atoms with van der Waals surface area (Å²) in [5, 5.41) is 14.2. The number of piperidine rings is 1. The molecule has 1 aliphatic rings. The maximum atomic E-state index is 9.64. The number of aliphatic hydroxyl groups is 1. The van der Waals surface area contributed by atoms with Crippen LogP contribution >= 0.6 is 15.9 Å². The third kappa shape index (κ3) is 3.38. The van der Waals surface area contributed by atoms with Crippen LogP contribution in [0.15, 0.2) is 4.47 Å². The molecule has 2 heterocycles. The van der Waals surface area contributed by atoms with E-state index in [1.165, 1.54) is 5.69 Å². The van der Waals surface area contributed by atoms with E-state index in [2.05, 4.69) is 32.9 Å². The molecule has 5 heteroatoms. The topological polar surface area (TPSA) is 41.3 Å². The van der Waals surface area contributed by atoms with Crippen molar-refractivity contribution >= 4 is 15.9 Å². The van der Waals surface area contributed by atoms with Gasteiger partial charge in [0.15, 0.2) is 0 Å². The first-order valence-corrected chi connectivity index (χ1v) is 7.92. The van der Waals surface area contributed by atoms with Crippen LogP contribution in [0.2, 0.25) is 0 Å². The molecule has 0 bridgehead atoms. The SMILES string of the molecule is CCc1nn(C)c(CN2CCC(C(C)O)CC2)c1Br. The van der Waals surface area contributed by atoms with E-state index < -0.39 is 0 Å². The summed E-state index contributed by atoms with van der Waals surface area (Å²) in [4.78, 5) is 2.46. The first-order valence-electron chi connectivity index (χ1n) is 7.13.